The van der Waals surface area contributed by atoms with Crippen molar-refractivity contribution in [2.24, 2.45) is 5.92 Å². The molecule has 0 spiro atoms. The molecule has 1 saturated carbocycles. The molecule has 4 heteroatoms. The smallest absolute Gasteiger partial charge is 0.250 e. The first-order chi connectivity index (χ1) is 8.15. The maximum Gasteiger partial charge on any atom is 0.250 e. The Balaban J connectivity index is 1.82. The van der Waals surface area contributed by atoms with E-state index in [4.69, 9.17) is 0 Å². The molecule has 2 atom stereocenters. The van der Waals surface area contributed by atoms with Crippen LogP contribution in [-0.2, 0) is 0 Å². The highest BCUT2D eigenvalue weighted by atomic mass is 19.3. The third kappa shape index (κ3) is 3.88. The average molecular weight is 246 g/mol. The molecule has 1 aliphatic heterocycles. The lowest BCUT2D eigenvalue weighted by Gasteiger charge is -2.40. The number of hydrogen-bond acceptors (Lipinski definition) is 2. The molecule has 0 radical (unpaired) electrons. The molecule has 100 valence electrons. The number of likely N-dealkylation sites (tertiary alicyclic amines) is 1. The SMILES string of the molecule is CC1CC(NCC(F)F)CN(C2CCCC2)C1. The predicted octanol–water partition coefficient (Wildman–Crippen LogP) is 2.49. The molecule has 0 aromatic heterocycles. The summed E-state index contributed by atoms with van der Waals surface area (Å²) in [7, 11) is 0. The second-order valence-corrected chi connectivity index (χ2v) is 5.73. The van der Waals surface area contributed by atoms with E-state index in [-0.39, 0.29) is 12.6 Å². The standard InChI is InChI=1S/C13H24F2N2/c1-10-6-11(16-7-13(14)15)9-17(8-10)12-4-2-3-5-12/h10-13,16H,2-9H2,1H3. The summed E-state index contributed by atoms with van der Waals surface area (Å²) in [6, 6.07) is 0.974. The van der Waals surface area contributed by atoms with Crippen molar-refractivity contribution in [3.8, 4) is 0 Å². The van der Waals surface area contributed by atoms with E-state index >= 15 is 0 Å². The fourth-order valence-corrected chi connectivity index (χ4v) is 3.36. The lowest BCUT2D eigenvalue weighted by atomic mass is 9.94. The maximum absolute atomic E-state index is 12.2. The summed E-state index contributed by atoms with van der Waals surface area (Å²) < 4.78 is 24.4. The number of alkyl halides is 2. The first-order valence-electron chi connectivity index (χ1n) is 6.90. The molecular weight excluding hydrogens is 222 g/mol. The third-order valence-corrected chi connectivity index (χ3v) is 4.09. The van der Waals surface area contributed by atoms with Crippen molar-refractivity contribution < 1.29 is 8.78 Å². The van der Waals surface area contributed by atoms with Gasteiger partial charge in [0.15, 0.2) is 0 Å². The van der Waals surface area contributed by atoms with E-state index < -0.39 is 6.43 Å². The van der Waals surface area contributed by atoms with Gasteiger partial charge < -0.3 is 5.32 Å². The topological polar surface area (TPSA) is 15.3 Å². The van der Waals surface area contributed by atoms with Crippen LogP contribution in [0, 0.1) is 5.92 Å². The number of rotatable bonds is 4. The largest absolute Gasteiger partial charge is 0.307 e. The van der Waals surface area contributed by atoms with Crippen molar-refractivity contribution in [2.45, 2.75) is 57.5 Å². The highest BCUT2D eigenvalue weighted by Crippen LogP contribution is 2.27. The molecular formula is C13H24F2N2. The van der Waals surface area contributed by atoms with E-state index in [1.165, 1.54) is 25.7 Å². The van der Waals surface area contributed by atoms with Gasteiger partial charge in [-0.15, -0.1) is 0 Å². The van der Waals surface area contributed by atoms with Crippen LogP contribution in [0.1, 0.15) is 39.0 Å². The monoisotopic (exact) mass is 246 g/mol. The zero-order valence-electron chi connectivity index (χ0n) is 10.7. The minimum Gasteiger partial charge on any atom is -0.307 e. The Morgan fingerprint density at radius 3 is 2.59 bits per heavy atom. The molecule has 1 N–H and O–H groups in total. The molecule has 1 saturated heterocycles. The van der Waals surface area contributed by atoms with Crippen LogP contribution >= 0.6 is 0 Å². The van der Waals surface area contributed by atoms with Gasteiger partial charge in [-0.05, 0) is 25.2 Å². The molecule has 2 rings (SSSR count). The Hall–Kier alpha value is -0.220. The predicted molar refractivity (Wildman–Crippen MR) is 65.4 cm³/mol. The number of hydrogen-bond donors (Lipinski definition) is 1. The summed E-state index contributed by atoms with van der Waals surface area (Å²) in [5, 5.41) is 3.01. The molecule has 1 aliphatic carbocycles. The van der Waals surface area contributed by atoms with Gasteiger partial charge in [-0.1, -0.05) is 19.8 Å². The Morgan fingerprint density at radius 1 is 1.24 bits per heavy atom. The molecule has 2 unspecified atom stereocenters. The van der Waals surface area contributed by atoms with Crippen LogP contribution in [0.3, 0.4) is 0 Å². The molecule has 2 fully saturated rings. The van der Waals surface area contributed by atoms with Gasteiger partial charge in [0, 0.05) is 25.2 Å². The lowest BCUT2D eigenvalue weighted by Crippen LogP contribution is -2.52. The number of nitrogens with zero attached hydrogens (tertiary/aromatic N) is 1. The molecule has 0 amide bonds. The molecule has 0 aromatic rings. The Kier molecular flexibility index (Phi) is 4.74. The first-order valence-corrected chi connectivity index (χ1v) is 6.90. The summed E-state index contributed by atoms with van der Waals surface area (Å²) in [6.45, 7) is 4.19. The molecule has 2 aliphatic rings. The van der Waals surface area contributed by atoms with Gasteiger partial charge in [-0.25, -0.2) is 8.78 Å². The highest BCUT2D eigenvalue weighted by molar-refractivity contribution is 4.87. The number of piperidine rings is 1. The zero-order chi connectivity index (χ0) is 12.3. The lowest BCUT2D eigenvalue weighted by molar-refractivity contribution is 0.0892. The summed E-state index contributed by atoms with van der Waals surface area (Å²) >= 11 is 0. The Bertz CT molecular complexity index is 229. The second-order valence-electron chi connectivity index (χ2n) is 5.73. The van der Waals surface area contributed by atoms with Gasteiger partial charge in [-0.3, -0.25) is 4.90 Å². The van der Waals surface area contributed by atoms with Crippen LogP contribution in [0.2, 0.25) is 0 Å². The van der Waals surface area contributed by atoms with Gasteiger partial charge in [0.1, 0.15) is 0 Å². The van der Waals surface area contributed by atoms with Crippen LogP contribution in [-0.4, -0.2) is 43.0 Å². The van der Waals surface area contributed by atoms with Crippen LogP contribution in [0.25, 0.3) is 0 Å². The van der Waals surface area contributed by atoms with Gasteiger partial charge in [0.05, 0.1) is 6.54 Å². The molecule has 2 nitrogen and oxygen atoms in total. The summed E-state index contributed by atoms with van der Waals surface area (Å²) in [5.41, 5.74) is 0. The molecule has 17 heavy (non-hydrogen) atoms. The van der Waals surface area contributed by atoms with E-state index in [1.54, 1.807) is 0 Å². The summed E-state index contributed by atoms with van der Waals surface area (Å²) in [6.07, 6.45) is 4.08. The Morgan fingerprint density at radius 2 is 1.94 bits per heavy atom. The van der Waals surface area contributed by atoms with Crippen molar-refractivity contribution in [1.82, 2.24) is 10.2 Å². The number of nitrogens with one attached hydrogen (secondary N) is 1. The molecule has 1 heterocycles. The Labute approximate surface area is 103 Å². The van der Waals surface area contributed by atoms with Crippen LogP contribution in [0.5, 0.6) is 0 Å². The first kappa shape index (κ1) is 13.2. The van der Waals surface area contributed by atoms with E-state index in [9.17, 15) is 8.78 Å². The van der Waals surface area contributed by atoms with Crippen molar-refractivity contribution in [3.63, 3.8) is 0 Å². The van der Waals surface area contributed by atoms with Crippen molar-refractivity contribution in [3.05, 3.63) is 0 Å². The normalized spacial score (nSPS) is 32.5. The van der Waals surface area contributed by atoms with Crippen LogP contribution in [0.4, 0.5) is 8.78 Å². The van der Waals surface area contributed by atoms with Gasteiger partial charge in [0.25, 0.3) is 6.43 Å². The van der Waals surface area contributed by atoms with E-state index in [2.05, 4.69) is 17.1 Å². The average Bonchev–Trinajstić information content (AvgIpc) is 2.79. The van der Waals surface area contributed by atoms with Gasteiger partial charge in [-0.2, -0.15) is 0 Å². The maximum atomic E-state index is 12.2. The van der Waals surface area contributed by atoms with Gasteiger partial charge in [0.2, 0.25) is 0 Å². The summed E-state index contributed by atoms with van der Waals surface area (Å²) in [5.74, 6) is 0.625. The zero-order valence-corrected chi connectivity index (χ0v) is 10.7. The van der Waals surface area contributed by atoms with Crippen molar-refractivity contribution in [1.29, 1.82) is 0 Å². The van der Waals surface area contributed by atoms with E-state index in [1.807, 2.05) is 0 Å². The highest BCUT2D eigenvalue weighted by Gasteiger charge is 2.30. The second kappa shape index (κ2) is 6.10. The van der Waals surface area contributed by atoms with Crippen molar-refractivity contribution >= 4 is 0 Å². The van der Waals surface area contributed by atoms with E-state index in [0.29, 0.717) is 12.0 Å². The minimum atomic E-state index is -2.23. The molecule has 0 aromatic carbocycles. The van der Waals surface area contributed by atoms with E-state index in [0.717, 1.165) is 19.5 Å². The fourth-order valence-electron chi connectivity index (χ4n) is 3.36. The molecule has 0 bridgehead atoms. The van der Waals surface area contributed by atoms with Gasteiger partial charge >= 0.3 is 0 Å². The van der Waals surface area contributed by atoms with Crippen molar-refractivity contribution in [2.75, 3.05) is 19.6 Å². The number of halogens is 2. The quantitative estimate of drug-likeness (QED) is 0.820. The third-order valence-electron chi connectivity index (χ3n) is 4.09. The summed E-state index contributed by atoms with van der Waals surface area (Å²) in [4.78, 5) is 2.53. The fraction of sp³-hybridized carbons (Fsp3) is 1.00. The minimum absolute atomic E-state index is 0.157. The van der Waals surface area contributed by atoms with Crippen LogP contribution in [0.15, 0.2) is 0 Å². The van der Waals surface area contributed by atoms with Crippen LogP contribution < -0.4 is 5.32 Å².